The molecule has 0 bridgehead atoms. The molecule has 1 heterocycles. The molecule has 0 amide bonds. The first-order valence-electron chi connectivity index (χ1n) is 6.63. The molecule has 3 heteroatoms. The van der Waals surface area contributed by atoms with Crippen molar-refractivity contribution in [3.63, 3.8) is 0 Å². The molecule has 0 aromatic heterocycles. The van der Waals surface area contributed by atoms with Crippen LogP contribution in [-0.4, -0.2) is 25.7 Å². The van der Waals surface area contributed by atoms with Gasteiger partial charge in [0.15, 0.2) is 0 Å². The minimum Gasteiger partial charge on any atom is -0.465 e. The largest absolute Gasteiger partial charge is 0.465 e. The molecule has 3 nitrogen and oxygen atoms in total. The predicted molar refractivity (Wildman–Crippen MR) is 65.3 cm³/mol. The highest BCUT2D eigenvalue weighted by atomic mass is 16.5. The highest BCUT2D eigenvalue weighted by molar-refractivity contribution is 5.77. The molecule has 0 saturated carbocycles. The SMILES string of the molecule is CCCCCOC(=O)C1(CC)CCNCC1. The van der Waals surface area contributed by atoms with Gasteiger partial charge >= 0.3 is 5.97 Å². The summed E-state index contributed by atoms with van der Waals surface area (Å²) in [5.41, 5.74) is -0.197. The van der Waals surface area contributed by atoms with Crippen LogP contribution in [-0.2, 0) is 9.53 Å². The summed E-state index contributed by atoms with van der Waals surface area (Å²) in [6, 6.07) is 0. The molecule has 0 spiro atoms. The molecular formula is C13H25NO2. The Labute approximate surface area is 98.9 Å². The van der Waals surface area contributed by atoms with E-state index < -0.39 is 0 Å². The first-order valence-corrected chi connectivity index (χ1v) is 6.63. The lowest BCUT2D eigenvalue weighted by atomic mass is 9.77. The second kappa shape index (κ2) is 6.89. The lowest BCUT2D eigenvalue weighted by Crippen LogP contribution is -2.42. The Morgan fingerprint density at radius 1 is 1.25 bits per heavy atom. The Bertz CT molecular complexity index is 210. The molecule has 1 fully saturated rings. The molecular weight excluding hydrogens is 202 g/mol. The van der Waals surface area contributed by atoms with Crippen LogP contribution in [0.3, 0.4) is 0 Å². The van der Waals surface area contributed by atoms with Gasteiger partial charge in [0.25, 0.3) is 0 Å². The van der Waals surface area contributed by atoms with E-state index in [4.69, 9.17) is 4.74 Å². The van der Waals surface area contributed by atoms with Crippen LogP contribution in [0, 0.1) is 5.41 Å². The molecule has 0 atom stereocenters. The second-order valence-corrected chi connectivity index (χ2v) is 4.73. The predicted octanol–water partition coefficient (Wildman–Crippen LogP) is 2.50. The number of carbonyl (C=O) groups excluding carboxylic acids is 1. The molecule has 1 saturated heterocycles. The maximum absolute atomic E-state index is 12.1. The Balaban J connectivity index is 2.36. The van der Waals surface area contributed by atoms with Crippen molar-refractivity contribution < 1.29 is 9.53 Å². The molecule has 16 heavy (non-hydrogen) atoms. The van der Waals surface area contributed by atoms with Crippen LogP contribution in [0.15, 0.2) is 0 Å². The van der Waals surface area contributed by atoms with Gasteiger partial charge in [-0.2, -0.15) is 0 Å². The van der Waals surface area contributed by atoms with Crippen molar-refractivity contribution >= 4 is 5.97 Å². The first kappa shape index (κ1) is 13.5. The number of rotatable bonds is 6. The summed E-state index contributed by atoms with van der Waals surface area (Å²) in [6.45, 7) is 6.73. The van der Waals surface area contributed by atoms with E-state index in [9.17, 15) is 4.79 Å². The summed E-state index contributed by atoms with van der Waals surface area (Å²) >= 11 is 0. The maximum atomic E-state index is 12.1. The average molecular weight is 227 g/mol. The first-order chi connectivity index (χ1) is 7.75. The van der Waals surface area contributed by atoms with E-state index in [2.05, 4.69) is 19.2 Å². The van der Waals surface area contributed by atoms with E-state index in [0.717, 1.165) is 45.2 Å². The van der Waals surface area contributed by atoms with Gasteiger partial charge in [-0.25, -0.2) is 0 Å². The van der Waals surface area contributed by atoms with Crippen molar-refractivity contribution in [3.05, 3.63) is 0 Å². The zero-order chi connectivity index (χ0) is 11.9. The van der Waals surface area contributed by atoms with Gasteiger partial charge < -0.3 is 10.1 Å². The third-order valence-corrected chi connectivity index (χ3v) is 3.65. The van der Waals surface area contributed by atoms with Crippen molar-refractivity contribution in [2.75, 3.05) is 19.7 Å². The van der Waals surface area contributed by atoms with E-state index in [-0.39, 0.29) is 11.4 Å². The van der Waals surface area contributed by atoms with Gasteiger partial charge in [-0.15, -0.1) is 0 Å². The molecule has 0 unspecified atom stereocenters. The summed E-state index contributed by atoms with van der Waals surface area (Å²) in [6.07, 6.45) is 6.07. The Hall–Kier alpha value is -0.570. The van der Waals surface area contributed by atoms with E-state index in [0.29, 0.717) is 6.61 Å². The Morgan fingerprint density at radius 2 is 1.94 bits per heavy atom. The molecule has 1 rings (SSSR count). The average Bonchev–Trinajstić information content (AvgIpc) is 2.35. The number of ether oxygens (including phenoxy) is 1. The number of piperidine rings is 1. The number of unbranched alkanes of at least 4 members (excludes halogenated alkanes) is 2. The van der Waals surface area contributed by atoms with Crippen LogP contribution in [0.25, 0.3) is 0 Å². The van der Waals surface area contributed by atoms with Crippen molar-refractivity contribution in [1.29, 1.82) is 0 Å². The second-order valence-electron chi connectivity index (χ2n) is 4.73. The number of nitrogens with one attached hydrogen (secondary N) is 1. The fourth-order valence-electron chi connectivity index (χ4n) is 2.28. The third-order valence-electron chi connectivity index (χ3n) is 3.65. The zero-order valence-corrected chi connectivity index (χ0v) is 10.7. The lowest BCUT2D eigenvalue weighted by molar-refractivity contribution is -0.158. The van der Waals surface area contributed by atoms with Crippen molar-refractivity contribution in [1.82, 2.24) is 5.32 Å². The van der Waals surface area contributed by atoms with Crippen LogP contribution < -0.4 is 5.32 Å². The normalized spacial score (nSPS) is 19.4. The molecule has 1 aliphatic rings. The highest BCUT2D eigenvalue weighted by Crippen LogP contribution is 2.33. The summed E-state index contributed by atoms with van der Waals surface area (Å²) in [7, 11) is 0. The summed E-state index contributed by atoms with van der Waals surface area (Å²) in [4.78, 5) is 12.1. The van der Waals surface area contributed by atoms with Crippen LogP contribution in [0.2, 0.25) is 0 Å². The van der Waals surface area contributed by atoms with Gasteiger partial charge in [0.2, 0.25) is 0 Å². The standard InChI is InChI=1S/C13H25NO2/c1-3-5-6-11-16-12(15)13(4-2)7-9-14-10-8-13/h14H,3-11H2,1-2H3. The fraction of sp³-hybridized carbons (Fsp3) is 0.923. The summed E-state index contributed by atoms with van der Waals surface area (Å²) < 4.78 is 5.41. The highest BCUT2D eigenvalue weighted by Gasteiger charge is 2.39. The number of hydrogen-bond acceptors (Lipinski definition) is 3. The Morgan fingerprint density at radius 3 is 2.50 bits per heavy atom. The molecule has 0 aromatic carbocycles. The smallest absolute Gasteiger partial charge is 0.312 e. The summed E-state index contributed by atoms with van der Waals surface area (Å²) in [5, 5.41) is 3.30. The maximum Gasteiger partial charge on any atom is 0.312 e. The van der Waals surface area contributed by atoms with E-state index in [1.165, 1.54) is 6.42 Å². The number of hydrogen-bond donors (Lipinski definition) is 1. The minimum absolute atomic E-state index is 0.0348. The molecule has 0 radical (unpaired) electrons. The van der Waals surface area contributed by atoms with Crippen LogP contribution in [0.5, 0.6) is 0 Å². The summed E-state index contributed by atoms with van der Waals surface area (Å²) in [5.74, 6) is 0.0348. The number of carbonyl (C=O) groups is 1. The van der Waals surface area contributed by atoms with Crippen molar-refractivity contribution in [3.8, 4) is 0 Å². The van der Waals surface area contributed by atoms with Crippen LogP contribution in [0.4, 0.5) is 0 Å². The molecule has 1 aliphatic heterocycles. The van der Waals surface area contributed by atoms with Crippen molar-refractivity contribution in [2.45, 2.75) is 52.4 Å². The van der Waals surface area contributed by atoms with Crippen LogP contribution >= 0.6 is 0 Å². The van der Waals surface area contributed by atoms with E-state index in [1.807, 2.05) is 0 Å². The quantitative estimate of drug-likeness (QED) is 0.559. The number of esters is 1. The zero-order valence-electron chi connectivity index (χ0n) is 10.7. The third kappa shape index (κ3) is 3.48. The monoisotopic (exact) mass is 227 g/mol. The van der Waals surface area contributed by atoms with Crippen molar-refractivity contribution in [2.24, 2.45) is 5.41 Å². The van der Waals surface area contributed by atoms with Gasteiger partial charge in [-0.1, -0.05) is 26.7 Å². The fourth-order valence-corrected chi connectivity index (χ4v) is 2.28. The minimum atomic E-state index is -0.197. The molecule has 0 aliphatic carbocycles. The van der Waals surface area contributed by atoms with E-state index >= 15 is 0 Å². The van der Waals surface area contributed by atoms with Gasteiger partial charge in [0, 0.05) is 0 Å². The molecule has 94 valence electrons. The van der Waals surface area contributed by atoms with Gasteiger partial charge in [0.05, 0.1) is 12.0 Å². The van der Waals surface area contributed by atoms with Crippen LogP contribution in [0.1, 0.15) is 52.4 Å². The molecule has 1 N–H and O–H groups in total. The van der Waals surface area contributed by atoms with Gasteiger partial charge in [-0.3, -0.25) is 4.79 Å². The van der Waals surface area contributed by atoms with E-state index in [1.54, 1.807) is 0 Å². The van der Waals surface area contributed by atoms with Gasteiger partial charge in [0.1, 0.15) is 0 Å². The lowest BCUT2D eigenvalue weighted by Gasteiger charge is -2.34. The topological polar surface area (TPSA) is 38.3 Å². The molecule has 0 aromatic rings. The van der Waals surface area contributed by atoms with Gasteiger partial charge in [-0.05, 0) is 38.8 Å². The Kier molecular flexibility index (Phi) is 5.81.